The number of hydrogen-bond acceptors (Lipinski definition) is 4. The van der Waals surface area contributed by atoms with Crippen molar-refractivity contribution in [1.29, 1.82) is 0 Å². The van der Waals surface area contributed by atoms with Crippen LogP contribution in [-0.2, 0) is 9.53 Å². The van der Waals surface area contributed by atoms with Gasteiger partial charge in [-0.2, -0.15) is 0 Å². The van der Waals surface area contributed by atoms with Gasteiger partial charge in [-0.05, 0) is 39.2 Å². The summed E-state index contributed by atoms with van der Waals surface area (Å²) in [4.78, 5) is 24.2. The van der Waals surface area contributed by atoms with Crippen LogP contribution in [0.1, 0.15) is 27.7 Å². The number of carbonyl (C=O) groups excluding carboxylic acids is 2. The molecule has 0 unspecified atom stereocenters. The Morgan fingerprint density at radius 1 is 0.923 bits per heavy atom. The molecule has 1 amide bonds. The fourth-order valence-electron chi connectivity index (χ4n) is 2.48. The van der Waals surface area contributed by atoms with Crippen molar-refractivity contribution < 1.29 is 18.7 Å². The predicted molar refractivity (Wildman–Crippen MR) is 99.6 cm³/mol. The van der Waals surface area contributed by atoms with Crippen molar-refractivity contribution in [1.82, 2.24) is 5.32 Å². The zero-order valence-electron chi connectivity index (χ0n) is 13.7. The van der Waals surface area contributed by atoms with Crippen molar-refractivity contribution in [2.24, 2.45) is 0 Å². The number of carbonyl (C=O) groups is 2. The Hall–Kier alpha value is -2.86. The summed E-state index contributed by atoms with van der Waals surface area (Å²) in [5, 5.41) is 2.91. The van der Waals surface area contributed by atoms with Crippen LogP contribution in [0.2, 0.25) is 0 Å². The normalized spacial score (nSPS) is 10.5. The number of ether oxygens (including phenoxy) is 1. The Balaban J connectivity index is 1.67. The zero-order valence-corrected chi connectivity index (χ0v) is 15.3. The summed E-state index contributed by atoms with van der Waals surface area (Å²) >= 11 is 3.11. The molecule has 0 atom stereocenters. The van der Waals surface area contributed by atoms with Crippen LogP contribution >= 0.6 is 15.9 Å². The highest BCUT2D eigenvalue weighted by Crippen LogP contribution is 2.21. The van der Waals surface area contributed by atoms with Crippen LogP contribution in [0.5, 0.6) is 0 Å². The third-order valence-corrected chi connectivity index (χ3v) is 4.11. The monoisotopic (exact) mass is 413 g/mol. The van der Waals surface area contributed by atoms with E-state index in [9.17, 15) is 9.59 Å². The van der Waals surface area contributed by atoms with Gasteiger partial charge in [-0.15, -0.1) is 0 Å². The molecule has 0 radical (unpaired) electrons. The molecular weight excluding hydrogens is 398 g/mol. The quantitative estimate of drug-likeness (QED) is 0.617. The van der Waals surface area contributed by atoms with Crippen molar-refractivity contribution in [2.75, 3.05) is 6.61 Å². The van der Waals surface area contributed by atoms with E-state index in [1.54, 1.807) is 6.07 Å². The van der Waals surface area contributed by atoms with E-state index in [-0.39, 0.29) is 11.8 Å². The molecule has 0 saturated heterocycles. The zero-order chi connectivity index (χ0) is 18.4. The lowest BCUT2D eigenvalue weighted by molar-refractivity contribution is -0.124. The maximum absolute atomic E-state index is 12.3. The number of nitrogens with one attached hydrogen (secondary N) is 1. The Morgan fingerprint density at radius 3 is 2.00 bits per heavy atom. The Kier molecular flexibility index (Phi) is 5.86. The van der Waals surface area contributed by atoms with Gasteiger partial charge < -0.3 is 14.5 Å². The van der Waals surface area contributed by atoms with E-state index in [2.05, 4.69) is 21.2 Å². The minimum atomic E-state index is -0.693. The summed E-state index contributed by atoms with van der Waals surface area (Å²) in [5.41, 5.74) is 1.88. The third kappa shape index (κ3) is 4.61. The number of amides is 1. The summed E-state index contributed by atoms with van der Waals surface area (Å²) in [5.74, 6) is -1.06. The van der Waals surface area contributed by atoms with Crippen molar-refractivity contribution in [3.8, 4) is 0 Å². The molecule has 26 heavy (non-hydrogen) atoms. The molecule has 1 N–H and O–H groups in total. The number of rotatable bonds is 6. The number of furan rings is 1. The smallest absolute Gasteiger partial charge is 0.374 e. The molecule has 0 aliphatic rings. The van der Waals surface area contributed by atoms with Crippen molar-refractivity contribution in [3.63, 3.8) is 0 Å². The molecule has 6 heteroatoms. The molecule has 132 valence electrons. The lowest BCUT2D eigenvalue weighted by atomic mass is 9.99. The molecule has 5 nitrogen and oxygen atoms in total. The first-order chi connectivity index (χ1) is 12.6. The summed E-state index contributed by atoms with van der Waals surface area (Å²) < 4.78 is 10.5. The number of esters is 1. The van der Waals surface area contributed by atoms with Gasteiger partial charge in [-0.25, -0.2) is 4.79 Å². The minimum absolute atomic E-state index is 0.0346. The Labute approximate surface area is 159 Å². The molecule has 2 aromatic carbocycles. The maximum atomic E-state index is 12.3. The van der Waals surface area contributed by atoms with Gasteiger partial charge in [0.15, 0.2) is 11.3 Å². The average Bonchev–Trinajstić information content (AvgIpc) is 3.12. The van der Waals surface area contributed by atoms with E-state index in [0.717, 1.165) is 11.1 Å². The SMILES string of the molecule is O=C(COC(=O)c1ccc(Br)o1)NC(c1ccccc1)c1ccccc1. The van der Waals surface area contributed by atoms with E-state index in [1.165, 1.54) is 6.07 Å². The van der Waals surface area contributed by atoms with Crippen molar-refractivity contribution in [2.45, 2.75) is 6.04 Å². The fourth-order valence-corrected chi connectivity index (χ4v) is 2.79. The minimum Gasteiger partial charge on any atom is -0.450 e. The van der Waals surface area contributed by atoms with Crippen LogP contribution in [-0.4, -0.2) is 18.5 Å². The molecule has 1 heterocycles. The lowest BCUT2D eigenvalue weighted by Gasteiger charge is -2.19. The Bertz CT molecular complexity index is 838. The van der Waals surface area contributed by atoms with E-state index < -0.39 is 18.5 Å². The van der Waals surface area contributed by atoms with E-state index in [1.807, 2.05) is 60.7 Å². The topological polar surface area (TPSA) is 68.5 Å². The molecule has 0 fully saturated rings. The molecule has 0 spiro atoms. The second kappa shape index (κ2) is 8.49. The number of halogens is 1. The van der Waals surface area contributed by atoms with E-state index in [4.69, 9.17) is 9.15 Å². The van der Waals surface area contributed by atoms with Crippen LogP contribution in [0.15, 0.2) is 81.9 Å². The molecule has 0 bridgehead atoms. The first kappa shape index (κ1) is 17.9. The highest BCUT2D eigenvalue weighted by Gasteiger charge is 2.19. The molecular formula is C20H16BrNO4. The van der Waals surface area contributed by atoms with Gasteiger partial charge in [0.05, 0.1) is 6.04 Å². The van der Waals surface area contributed by atoms with Gasteiger partial charge >= 0.3 is 5.97 Å². The van der Waals surface area contributed by atoms with Gasteiger partial charge in [0.1, 0.15) is 0 Å². The average molecular weight is 414 g/mol. The second-order valence-corrected chi connectivity index (χ2v) is 6.28. The van der Waals surface area contributed by atoms with Crippen LogP contribution in [0.25, 0.3) is 0 Å². The van der Waals surface area contributed by atoms with Crippen LogP contribution in [0, 0.1) is 0 Å². The van der Waals surface area contributed by atoms with E-state index >= 15 is 0 Å². The van der Waals surface area contributed by atoms with E-state index in [0.29, 0.717) is 4.67 Å². The molecule has 3 aromatic rings. The lowest BCUT2D eigenvalue weighted by Crippen LogP contribution is -2.33. The molecule has 3 rings (SSSR count). The van der Waals surface area contributed by atoms with Gasteiger partial charge in [0.25, 0.3) is 5.91 Å². The van der Waals surface area contributed by atoms with Gasteiger partial charge in [-0.3, -0.25) is 4.79 Å². The van der Waals surface area contributed by atoms with Crippen LogP contribution in [0.4, 0.5) is 0 Å². The number of hydrogen-bond donors (Lipinski definition) is 1. The van der Waals surface area contributed by atoms with Crippen LogP contribution < -0.4 is 5.32 Å². The van der Waals surface area contributed by atoms with Crippen molar-refractivity contribution >= 4 is 27.8 Å². The van der Waals surface area contributed by atoms with Crippen molar-refractivity contribution in [3.05, 3.63) is 94.4 Å². The molecule has 0 aliphatic heterocycles. The maximum Gasteiger partial charge on any atom is 0.374 e. The molecule has 0 aliphatic carbocycles. The fraction of sp³-hybridized carbons (Fsp3) is 0.100. The Morgan fingerprint density at radius 2 is 1.50 bits per heavy atom. The first-order valence-electron chi connectivity index (χ1n) is 7.95. The van der Waals surface area contributed by atoms with Gasteiger partial charge in [0, 0.05) is 0 Å². The summed E-state index contributed by atoms with van der Waals surface area (Å²) in [7, 11) is 0. The molecule has 0 saturated carbocycles. The first-order valence-corrected chi connectivity index (χ1v) is 8.74. The highest BCUT2D eigenvalue weighted by atomic mass is 79.9. The molecule has 1 aromatic heterocycles. The van der Waals surface area contributed by atoms with Gasteiger partial charge in [0.2, 0.25) is 5.76 Å². The number of benzene rings is 2. The summed E-state index contributed by atoms with van der Waals surface area (Å²) in [6, 6.07) is 21.9. The summed E-state index contributed by atoms with van der Waals surface area (Å²) in [6.07, 6.45) is 0. The second-order valence-electron chi connectivity index (χ2n) is 5.50. The van der Waals surface area contributed by atoms with Crippen LogP contribution in [0.3, 0.4) is 0 Å². The highest BCUT2D eigenvalue weighted by molar-refractivity contribution is 9.10. The van der Waals surface area contributed by atoms with Gasteiger partial charge in [-0.1, -0.05) is 60.7 Å². The predicted octanol–water partition coefficient (Wildman–Crippen LogP) is 4.10. The standard InChI is InChI=1S/C20H16BrNO4/c21-17-12-11-16(26-17)20(24)25-13-18(23)22-19(14-7-3-1-4-8-14)15-9-5-2-6-10-15/h1-12,19H,13H2,(H,22,23). The summed E-state index contributed by atoms with van der Waals surface area (Å²) in [6.45, 7) is -0.396. The largest absolute Gasteiger partial charge is 0.450 e. The third-order valence-electron chi connectivity index (χ3n) is 3.68.